The van der Waals surface area contributed by atoms with Crippen molar-refractivity contribution in [3.8, 4) is 5.75 Å². The third kappa shape index (κ3) is 7.79. The molecule has 0 aliphatic heterocycles. The Morgan fingerprint density at radius 1 is 0.795 bits per heavy atom. The molecule has 0 aromatic heterocycles. The van der Waals surface area contributed by atoms with E-state index in [1.54, 1.807) is 52.5 Å². The fourth-order valence-electron chi connectivity index (χ4n) is 3.97. The van der Waals surface area contributed by atoms with Gasteiger partial charge >= 0.3 is 0 Å². The molecule has 0 spiro atoms. The number of sulfonamides is 1. The maximum absolute atomic E-state index is 12.3. The third-order valence-electron chi connectivity index (χ3n) is 6.01. The Balaban J connectivity index is 1.89. The molecule has 0 aliphatic carbocycles. The number of phenolic OH excluding ortho intramolecular Hbond substituents is 1. The van der Waals surface area contributed by atoms with Crippen molar-refractivity contribution in [2.45, 2.75) is 12.1 Å². The number of carbonyl (C=O) groups excluding carboxylic acids is 2. The number of aromatic hydroxyl groups is 1. The lowest BCUT2D eigenvalue weighted by atomic mass is 9.96. The number of phenols is 1. The van der Waals surface area contributed by atoms with E-state index in [0.29, 0.717) is 16.7 Å². The third-order valence-corrected chi connectivity index (χ3v) is 6.60. The monoisotopic (exact) mass is 554 g/mol. The Hall–Kier alpha value is -3.93. The molecular formula is C28H34N4O6S. The lowest BCUT2D eigenvalue weighted by Crippen LogP contribution is -2.28. The van der Waals surface area contributed by atoms with Gasteiger partial charge in [0.15, 0.2) is 0 Å². The second-order valence-electron chi connectivity index (χ2n) is 9.65. The van der Waals surface area contributed by atoms with Gasteiger partial charge in [-0.2, -0.15) is 0 Å². The predicted molar refractivity (Wildman–Crippen MR) is 150 cm³/mol. The molecule has 0 saturated heterocycles. The Morgan fingerprint density at radius 2 is 1.23 bits per heavy atom. The highest BCUT2D eigenvalue weighted by Crippen LogP contribution is 2.29. The normalized spacial score (nSPS) is 12.2. The number of aliphatic hydroxyl groups is 1. The second-order valence-corrected chi connectivity index (χ2v) is 11.4. The number of nitrogens with zero attached hydrogens (tertiary/aromatic N) is 2. The lowest BCUT2D eigenvalue weighted by Gasteiger charge is -2.23. The summed E-state index contributed by atoms with van der Waals surface area (Å²) in [6.45, 7) is 0.0739. The predicted octanol–water partition coefficient (Wildman–Crippen LogP) is 2.58. The van der Waals surface area contributed by atoms with Gasteiger partial charge in [-0.05, 0) is 53.1 Å². The maximum Gasteiger partial charge on any atom is 0.253 e. The van der Waals surface area contributed by atoms with Gasteiger partial charge in [0.25, 0.3) is 11.8 Å². The number of amides is 2. The summed E-state index contributed by atoms with van der Waals surface area (Å²) in [5.41, 5.74) is 3.08. The zero-order valence-electron chi connectivity index (χ0n) is 22.5. The van der Waals surface area contributed by atoms with Crippen LogP contribution in [0.5, 0.6) is 5.75 Å². The van der Waals surface area contributed by atoms with E-state index in [-0.39, 0.29) is 29.8 Å². The van der Waals surface area contributed by atoms with E-state index in [2.05, 4.69) is 10.0 Å². The van der Waals surface area contributed by atoms with E-state index in [1.807, 2.05) is 24.3 Å². The average Bonchev–Trinajstić information content (AvgIpc) is 2.89. The minimum Gasteiger partial charge on any atom is -0.506 e. The van der Waals surface area contributed by atoms with Gasteiger partial charge < -0.3 is 25.3 Å². The Bertz CT molecular complexity index is 1360. The van der Waals surface area contributed by atoms with Crippen LogP contribution in [0.3, 0.4) is 0 Å². The molecule has 3 aromatic carbocycles. The number of rotatable bonds is 10. The first-order valence-corrected chi connectivity index (χ1v) is 14.0. The van der Waals surface area contributed by atoms with E-state index in [9.17, 15) is 28.2 Å². The lowest BCUT2D eigenvalue weighted by molar-refractivity contribution is 0.0820. The van der Waals surface area contributed by atoms with Crippen molar-refractivity contribution in [2.24, 2.45) is 0 Å². The van der Waals surface area contributed by atoms with Crippen molar-refractivity contribution < 1.29 is 28.2 Å². The Labute approximate surface area is 228 Å². The summed E-state index contributed by atoms with van der Waals surface area (Å²) in [7, 11) is 3.09. The van der Waals surface area contributed by atoms with Crippen molar-refractivity contribution in [1.29, 1.82) is 0 Å². The standard InChI is InChI=1S/C28H34N4O6S/c1-31(2)27(35)20-10-6-18(7-11-20)26(19-8-12-21(13-9-19)28(36)32(3)4)29-17-25(34)22-14-15-24(33)23(16-22)30-39(5,37)38/h6-16,25-26,29-30,33-34H,17H2,1-5H3/t25-/m0/s1. The summed E-state index contributed by atoms with van der Waals surface area (Å²) in [4.78, 5) is 27.7. The molecule has 0 bridgehead atoms. The molecule has 0 radical (unpaired) electrons. The molecule has 0 saturated carbocycles. The van der Waals surface area contributed by atoms with Gasteiger partial charge in [0.1, 0.15) is 5.75 Å². The topological polar surface area (TPSA) is 139 Å². The van der Waals surface area contributed by atoms with Gasteiger partial charge in [0.05, 0.1) is 24.1 Å². The van der Waals surface area contributed by atoms with Gasteiger partial charge in [0.2, 0.25) is 10.0 Å². The van der Waals surface area contributed by atoms with Crippen molar-refractivity contribution in [1.82, 2.24) is 15.1 Å². The summed E-state index contributed by atoms with van der Waals surface area (Å²) in [5, 5.41) is 24.3. The quantitative estimate of drug-likeness (QED) is 0.283. The van der Waals surface area contributed by atoms with Gasteiger partial charge in [-0.15, -0.1) is 0 Å². The molecule has 3 rings (SSSR count). The largest absolute Gasteiger partial charge is 0.506 e. The van der Waals surface area contributed by atoms with Crippen LogP contribution in [-0.2, 0) is 10.0 Å². The molecule has 3 aromatic rings. The van der Waals surface area contributed by atoms with Crippen LogP contribution in [0.1, 0.15) is 49.6 Å². The number of aliphatic hydroxyl groups excluding tert-OH is 1. The van der Waals surface area contributed by atoms with Crippen LogP contribution in [0.4, 0.5) is 5.69 Å². The molecule has 2 amide bonds. The fraction of sp³-hybridized carbons (Fsp3) is 0.286. The minimum atomic E-state index is -3.63. The fourth-order valence-corrected chi connectivity index (χ4v) is 4.53. The molecule has 0 fully saturated rings. The highest BCUT2D eigenvalue weighted by atomic mass is 32.2. The van der Waals surface area contributed by atoms with Gasteiger partial charge in [-0.25, -0.2) is 8.42 Å². The van der Waals surface area contributed by atoms with Crippen LogP contribution in [-0.4, -0.2) is 81.2 Å². The number of anilines is 1. The Kier molecular flexibility index (Phi) is 9.33. The summed E-state index contributed by atoms with van der Waals surface area (Å²) >= 11 is 0. The number of nitrogens with one attached hydrogen (secondary N) is 2. The van der Waals surface area contributed by atoms with Crippen LogP contribution < -0.4 is 10.0 Å². The van der Waals surface area contributed by atoms with E-state index in [1.165, 1.54) is 28.0 Å². The first-order valence-electron chi connectivity index (χ1n) is 12.1. The highest BCUT2D eigenvalue weighted by Gasteiger charge is 2.19. The molecule has 0 aliphatic rings. The van der Waals surface area contributed by atoms with Crippen molar-refractivity contribution in [3.63, 3.8) is 0 Å². The van der Waals surface area contributed by atoms with Crippen LogP contribution in [0, 0.1) is 0 Å². The summed E-state index contributed by atoms with van der Waals surface area (Å²) in [6, 6.07) is 18.0. The number of hydrogen-bond donors (Lipinski definition) is 4. The summed E-state index contributed by atoms with van der Waals surface area (Å²) in [5.74, 6) is -0.514. The zero-order chi connectivity index (χ0) is 28.9. The number of hydrogen-bond acceptors (Lipinski definition) is 7. The first-order chi connectivity index (χ1) is 18.3. The SMILES string of the molecule is CN(C)C(=O)c1ccc(C(NC[C@H](O)c2ccc(O)c(NS(C)(=O)=O)c2)c2ccc(C(=O)N(C)C)cc2)cc1. The molecule has 0 heterocycles. The van der Waals surface area contributed by atoms with Gasteiger partial charge in [0, 0.05) is 45.9 Å². The van der Waals surface area contributed by atoms with Gasteiger partial charge in [-0.1, -0.05) is 30.3 Å². The molecule has 1 atom stereocenters. The molecule has 4 N–H and O–H groups in total. The molecule has 208 valence electrons. The molecule has 0 unspecified atom stereocenters. The Morgan fingerprint density at radius 3 is 1.64 bits per heavy atom. The van der Waals surface area contributed by atoms with E-state index < -0.39 is 22.2 Å². The van der Waals surface area contributed by atoms with E-state index >= 15 is 0 Å². The number of benzene rings is 3. The van der Waals surface area contributed by atoms with Crippen molar-refractivity contribution in [3.05, 3.63) is 94.5 Å². The first kappa shape index (κ1) is 29.6. The van der Waals surface area contributed by atoms with Crippen molar-refractivity contribution >= 4 is 27.5 Å². The van der Waals surface area contributed by atoms with Crippen LogP contribution >= 0.6 is 0 Å². The average molecular weight is 555 g/mol. The summed E-state index contributed by atoms with van der Waals surface area (Å²) < 4.78 is 25.5. The molecule has 11 heteroatoms. The smallest absolute Gasteiger partial charge is 0.253 e. The number of carbonyl (C=O) groups is 2. The second kappa shape index (κ2) is 12.3. The highest BCUT2D eigenvalue weighted by molar-refractivity contribution is 7.92. The maximum atomic E-state index is 12.3. The van der Waals surface area contributed by atoms with Crippen LogP contribution in [0.25, 0.3) is 0 Å². The summed E-state index contributed by atoms with van der Waals surface area (Å²) in [6.07, 6.45) is -0.0754. The molecular weight excluding hydrogens is 520 g/mol. The van der Waals surface area contributed by atoms with Crippen LogP contribution in [0.2, 0.25) is 0 Å². The minimum absolute atomic E-state index is 0.0344. The van der Waals surface area contributed by atoms with E-state index in [0.717, 1.165) is 17.4 Å². The van der Waals surface area contributed by atoms with Crippen LogP contribution in [0.15, 0.2) is 66.7 Å². The zero-order valence-corrected chi connectivity index (χ0v) is 23.4. The van der Waals surface area contributed by atoms with Gasteiger partial charge in [-0.3, -0.25) is 14.3 Å². The van der Waals surface area contributed by atoms with E-state index in [4.69, 9.17) is 0 Å². The molecule has 10 nitrogen and oxygen atoms in total. The molecule has 39 heavy (non-hydrogen) atoms. The van der Waals surface area contributed by atoms with Crippen molar-refractivity contribution in [2.75, 3.05) is 45.7 Å².